The maximum atomic E-state index is 9.83. The van der Waals surface area contributed by atoms with Crippen LogP contribution >= 0.6 is 11.6 Å². The summed E-state index contributed by atoms with van der Waals surface area (Å²) < 4.78 is 6.36. The molecule has 0 radical (unpaired) electrons. The molecule has 5 rings (SSSR count). The van der Waals surface area contributed by atoms with Crippen molar-refractivity contribution in [3.8, 4) is 11.4 Å². The quantitative estimate of drug-likeness (QED) is 0.831. The van der Waals surface area contributed by atoms with E-state index in [4.69, 9.17) is 16.3 Å². The van der Waals surface area contributed by atoms with E-state index in [9.17, 15) is 5.11 Å². The van der Waals surface area contributed by atoms with Crippen molar-refractivity contribution >= 4 is 11.6 Å². The molecule has 0 amide bonds. The summed E-state index contributed by atoms with van der Waals surface area (Å²) in [6, 6.07) is 7.55. The van der Waals surface area contributed by atoms with Gasteiger partial charge in [0.15, 0.2) is 5.82 Å². The van der Waals surface area contributed by atoms with Gasteiger partial charge in [0.1, 0.15) is 0 Å². The molecule has 4 atom stereocenters. The molecule has 3 saturated heterocycles. The van der Waals surface area contributed by atoms with Gasteiger partial charge in [-0.2, -0.15) is 0 Å². The summed E-state index contributed by atoms with van der Waals surface area (Å²) in [6.07, 6.45) is 3.95. The number of aliphatic hydroxyl groups is 1. The molecule has 0 saturated carbocycles. The smallest absolute Gasteiger partial charge is 0.159 e. The molecular weight excluding hydrogens is 364 g/mol. The van der Waals surface area contributed by atoms with Gasteiger partial charge in [-0.25, -0.2) is 9.97 Å². The van der Waals surface area contributed by atoms with Crippen LogP contribution in [-0.4, -0.2) is 64.5 Å². The number of aliphatic hydroxyl groups excluding tert-OH is 1. The number of hydrogen-bond acceptors (Lipinski definition) is 6. The number of fused-ring (bicyclic) bond motifs is 1. The molecule has 3 aliphatic rings. The monoisotopic (exact) mass is 386 g/mol. The number of nitrogens with zero attached hydrogens (tertiary/aromatic N) is 3. The second kappa shape index (κ2) is 6.79. The molecule has 3 fully saturated rings. The molecule has 1 aromatic heterocycles. The molecule has 2 bridgehead atoms. The van der Waals surface area contributed by atoms with Crippen LogP contribution in [0.3, 0.4) is 0 Å². The summed E-state index contributed by atoms with van der Waals surface area (Å²) in [4.78, 5) is 11.4. The molecule has 4 heterocycles. The number of aromatic nitrogens is 2. The summed E-state index contributed by atoms with van der Waals surface area (Å²) in [7, 11) is 0. The van der Waals surface area contributed by atoms with Gasteiger partial charge in [-0.1, -0.05) is 11.6 Å². The van der Waals surface area contributed by atoms with Gasteiger partial charge in [-0.3, -0.25) is 4.90 Å². The molecule has 0 unspecified atom stereocenters. The van der Waals surface area contributed by atoms with Crippen LogP contribution < -0.4 is 5.32 Å². The minimum absolute atomic E-state index is 0.151. The van der Waals surface area contributed by atoms with Crippen LogP contribution in [0.25, 0.3) is 11.4 Å². The van der Waals surface area contributed by atoms with E-state index in [1.54, 1.807) is 0 Å². The Labute approximate surface area is 163 Å². The largest absolute Gasteiger partial charge is 0.396 e. The Balaban J connectivity index is 1.28. The molecule has 0 aliphatic carbocycles. The highest BCUT2D eigenvalue weighted by atomic mass is 35.5. The van der Waals surface area contributed by atoms with Crippen molar-refractivity contribution in [2.75, 3.05) is 32.8 Å². The van der Waals surface area contributed by atoms with Crippen LogP contribution in [0.15, 0.2) is 36.7 Å². The van der Waals surface area contributed by atoms with E-state index in [-0.39, 0.29) is 24.2 Å². The fourth-order valence-electron chi connectivity index (χ4n) is 4.96. The average Bonchev–Trinajstić information content (AvgIpc) is 3.10. The van der Waals surface area contributed by atoms with Crippen molar-refractivity contribution in [3.05, 3.63) is 47.2 Å². The summed E-state index contributed by atoms with van der Waals surface area (Å²) in [5.41, 5.74) is 1.89. The maximum Gasteiger partial charge on any atom is 0.159 e. The van der Waals surface area contributed by atoms with E-state index in [1.807, 2.05) is 36.7 Å². The van der Waals surface area contributed by atoms with Crippen molar-refractivity contribution in [1.82, 2.24) is 20.2 Å². The van der Waals surface area contributed by atoms with Gasteiger partial charge in [-0.15, -0.1) is 0 Å². The van der Waals surface area contributed by atoms with Gasteiger partial charge in [0.2, 0.25) is 0 Å². The second-order valence-electron chi connectivity index (χ2n) is 7.90. The highest BCUT2D eigenvalue weighted by molar-refractivity contribution is 6.30. The average molecular weight is 387 g/mol. The number of ether oxygens (including phenoxy) is 1. The summed E-state index contributed by atoms with van der Waals surface area (Å²) in [6.45, 7) is 4.55. The van der Waals surface area contributed by atoms with Crippen LogP contribution in [0.1, 0.15) is 5.56 Å². The maximum absolute atomic E-state index is 9.83. The number of rotatable bonds is 4. The molecule has 2 aromatic rings. The van der Waals surface area contributed by atoms with Crippen molar-refractivity contribution in [1.29, 1.82) is 0 Å². The Morgan fingerprint density at radius 1 is 1.26 bits per heavy atom. The SMILES string of the molecule is OC[C@H]1[C@H]2CN(Cc3cnc(-c4ccc(Cl)cc4)nc3)C[C@]23CNC[C@H]1O3. The van der Waals surface area contributed by atoms with Crippen LogP contribution in [0.2, 0.25) is 5.02 Å². The summed E-state index contributed by atoms with van der Waals surface area (Å²) in [5, 5.41) is 14.0. The number of benzene rings is 1. The lowest BCUT2D eigenvalue weighted by Crippen LogP contribution is -2.52. The number of morpholine rings is 1. The van der Waals surface area contributed by atoms with E-state index in [2.05, 4.69) is 20.2 Å². The molecule has 1 spiro atoms. The van der Waals surface area contributed by atoms with Crippen molar-refractivity contribution in [3.63, 3.8) is 0 Å². The van der Waals surface area contributed by atoms with E-state index in [1.165, 1.54) is 0 Å². The van der Waals surface area contributed by atoms with Crippen LogP contribution in [0.4, 0.5) is 0 Å². The highest BCUT2D eigenvalue weighted by Crippen LogP contribution is 2.47. The first kappa shape index (κ1) is 17.5. The first-order valence-electron chi connectivity index (χ1n) is 9.45. The first-order valence-corrected chi connectivity index (χ1v) is 9.83. The Morgan fingerprint density at radius 3 is 2.78 bits per heavy atom. The number of likely N-dealkylation sites (tertiary alicyclic amines) is 1. The Morgan fingerprint density at radius 2 is 2.04 bits per heavy atom. The molecule has 1 aromatic carbocycles. The third kappa shape index (κ3) is 3.05. The lowest BCUT2D eigenvalue weighted by molar-refractivity contribution is -0.0746. The zero-order valence-electron chi connectivity index (χ0n) is 15.0. The molecule has 2 N–H and O–H groups in total. The molecule has 142 valence electrons. The lowest BCUT2D eigenvalue weighted by atomic mass is 9.83. The van der Waals surface area contributed by atoms with Gasteiger partial charge in [-0.05, 0) is 24.3 Å². The third-order valence-electron chi connectivity index (χ3n) is 6.20. The normalized spacial score (nSPS) is 32.6. The van der Waals surface area contributed by atoms with E-state index in [0.717, 1.165) is 43.9 Å². The zero-order valence-corrected chi connectivity index (χ0v) is 15.8. The standard InChI is InChI=1S/C20H23ClN4O2/c21-15-3-1-14(2-4-15)19-23-5-13(6-24-19)8-25-9-17-16(10-26)18-7-22-11-20(17,12-25)27-18/h1-6,16-18,22,26H,7-12H2/t16-,17+,18+,20+/m0/s1. The van der Waals surface area contributed by atoms with Crippen LogP contribution in [0.5, 0.6) is 0 Å². The third-order valence-corrected chi connectivity index (χ3v) is 6.45. The Kier molecular flexibility index (Phi) is 4.41. The Bertz CT molecular complexity index is 816. The topological polar surface area (TPSA) is 70.5 Å². The van der Waals surface area contributed by atoms with Gasteiger partial charge >= 0.3 is 0 Å². The fraction of sp³-hybridized carbons (Fsp3) is 0.500. The fourth-order valence-corrected chi connectivity index (χ4v) is 5.08. The minimum atomic E-state index is -0.152. The molecule has 3 aliphatic heterocycles. The van der Waals surface area contributed by atoms with E-state index >= 15 is 0 Å². The van der Waals surface area contributed by atoms with Crippen molar-refractivity contribution in [2.45, 2.75) is 18.2 Å². The number of halogens is 1. The molecular formula is C20H23ClN4O2. The van der Waals surface area contributed by atoms with Crippen molar-refractivity contribution in [2.24, 2.45) is 11.8 Å². The van der Waals surface area contributed by atoms with Gasteiger partial charge in [0.25, 0.3) is 0 Å². The molecule has 27 heavy (non-hydrogen) atoms. The number of hydrogen-bond donors (Lipinski definition) is 2. The van der Waals surface area contributed by atoms with Gasteiger partial charge in [0, 0.05) is 79.7 Å². The van der Waals surface area contributed by atoms with E-state index in [0.29, 0.717) is 16.8 Å². The van der Waals surface area contributed by atoms with E-state index < -0.39 is 0 Å². The highest BCUT2D eigenvalue weighted by Gasteiger charge is 2.60. The van der Waals surface area contributed by atoms with Gasteiger partial charge in [0.05, 0.1) is 11.7 Å². The minimum Gasteiger partial charge on any atom is -0.396 e. The zero-order chi connectivity index (χ0) is 18.4. The lowest BCUT2D eigenvalue weighted by Gasteiger charge is -2.34. The summed E-state index contributed by atoms with van der Waals surface area (Å²) >= 11 is 5.94. The summed E-state index contributed by atoms with van der Waals surface area (Å²) in [5.74, 6) is 1.32. The molecule has 6 nitrogen and oxygen atoms in total. The first-order chi connectivity index (χ1) is 13.2. The van der Waals surface area contributed by atoms with Gasteiger partial charge < -0.3 is 15.2 Å². The Hall–Kier alpha value is -1.57. The predicted octanol–water partition coefficient (Wildman–Crippen LogP) is 1.58. The predicted molar refractivity (Wildman–Crippen MR) is 102 cm³/mol. The number of nitrogens with one attached hydrogen (secondary N) is 1. The van der Waals surface area contributed by atoms with Crippen LogP contribution in [0, 0.1) is 11.8 Å². The molecule has 7 heteroatoms. The van der Waals surface area contributed by atoms with Crippen molar-refractivity contribution < 1.29 is 9.84 Å². The second-order valence-corrected chi connectivity index (χ2v) is 8.33. The van der Waals surface area contributed by atoms with Crippen LogP contribution in [-0.2, 0) is 11.3 Å².